The van der Waals surface area contributed by atoms with Crippen molar-refractivity contribution >= 4 is 27.5 Å². The Morgan fingerprint density at radius 1 is 0.848 bits per heavy atom. The highest BCUT2D eigenvalue weighted by molar-refractivity contribution is 7.92. The van der Waals surface area contributed by atoms with E-state index in [2.05, 4.69) is 5.32 Å². The maximum Gasteiger partial charge on any atom is 0.264 e. The molecule has 46 heavy (non-hydrogen) atoms. The lowest BCUT2D eigenvalue weighted by atomic mass is 10.0. The lowest BCUT2D eigenvalue weighted by molar-refractivity contribution is -0.140. The van der Waals surface area contributed by atoms with E-state index in [1.807, 2.05) is 49.4 Å². The monoisotopic (exact) mass is 641 g/mol. The van der Waals surface area contributed by atoms with Crippen LogP contribution < -0.4 is 9.62 Å². The van der Waals surface area contributed by atoms with Crippen LogP contribution in [0.4, 0.5) is 10.1 Å². The van der Waals surface area contributed by atoms with Crippen molar-refractivity contribution in [2.75, 3.05) is 10.8 Å². The number of sulfonamides is 1. The standard InChI is InChI=1S/C37H40FN3O4S/c1-27-17-18-28(2)34(23-27)41(46(44,45)33-15-7-4-8-16-33)26-36(42)40(25-30-19-21-31(38)22-20-30)35(24-29-11-5-3-6-12-29)37(43)39-32-13-9-10-14-32/h3-8,11-12,15-23,32,35H,9-10,13-14,24-26H2,1-2H3,(H,39,43). The van der Waals surface area contributed by atoms with E-state index < -0.39 is 34.3 Å². The average molecular weight is 642 g/mol. The average Bonchev–Trinajstić information content (AvgIpc) is 3.57. The number of halogens is 1. The number of aryl methyl sites for hydroxylation is 2. The van der Waals surface area contributed by atoms with Crippen LogP contribution in [-0.2, 0) is 32.6 Å². The second kappa shape index (κ2) is 14.7. The maximum absolute atomic E-state index is 14.6. The summed E-state index contributed by atoms with van der Waals surface area (Å²) in [5.74, 6) is -1.26. The lowest BCUT2D eigenvalue weighted by Crippen LogP contribution is -2.54. The molecule has 2 amide bonds. The van der Waals surface area contributed by atoms with Gasteiger partial charge >= 0.3 is 0 Å². The molecule has 1 atom stereocenters. The first-order valence-electron chi connectivity index (χ1n) is 15.6. The third-order valence-corrected chi connectivity index (χ3v) is 10.3. The molecular formula is C37H40FN3O4S. The zero-order chi connectivity index (χ0) is 32.7. The Balaban J connectivity index is 1.58. The summed E-state index contributed by atoms with van der Waals surface area (Å²) in [6.07, 6.45) is 4.00. The molecule has 0 spiro atoms. The lowest BCUT2D eigenvalue weighted by Gasteiger charge is -2.34. The summed E-state index contributed by atoms with van der Waals surface area (Å²) in [4.78, 5) is 30.2. The highest BCUT2D eigenvalue weighted by Gasteiger charge is 2.36. The molecule has 1 N–H and O–H groups in total. The molecule has 4 aromatic carbocycles. The van der Waals surface area contributed by atoms with Crippen molar-refractivity contribution in [3.63, 3.8) is 0 Å². The van der Waals surface area contributed by atoms with Gasteiger partial charge in [-0.1, -0.05) is 85.6 Å². The van der Waals surface area contributed by atoms with Crippen molar-refractivity contribution in [1.29, 1.82) is 0 Å². The minimum atomic E-state index is -4.19. The quantitative estimate of drug-likeness (QED) is 0.196. The van der Waals surface area contributed by atoms with Crippen LogP contribution in [0.15, 0.2) is 108 Å². The largest absolute Gasteiger partial charge is 0.352 e. The number of benzene rings is 4. The first-order valence-corrected chi connectivity index (χ1v) is 17.1. The molecule has 0 aliphatic heterocycles. The molecule has 1 saturated carbocycles. The van der Waals surface area contributed by atoms with Crippen LogP contribution in [-0.4, -0.2) is 43.8 Å². The molecule has 0 aromatic heterocycles. The third-order valence-electron chi connectivity index (χ3n) is 8.48. The van der Waals surface area contributed by atoms with Gasteiger partial charge in [-0.25, -0.2) is 12.8 Å². The number of rotatable bonds is 12. The number of carbonyl (C=O) groups excluding carboxylic acids is 2. The zero-order valence-electron chi connectivity index (χ0n) is 26.2. The Kier molecular flexibility index (Phi) is 10.5. The first kappa shape index (κ1) is 32.9. The van der Waals surface area contributed by atoms with E-state index in [0.29, 0.717) is 16.8 Å². The van der Waals surface area contributed by atoms with Crippen molar-refractivity contribution in [3.05, 3.63) is 131 Å². The molecular weight excluding hydrogens is 601 g/mol. The van der Waals surface area contributed by atoms with Gasteiger partial charge in [0, 0.05) is 19.0 Å². The number of anilines is 1. The van der Waals surface area contributed by atoms with E-state index >= 15 is 0 Å². The Hall–Kier alpha value is -4.50. The Labute approximate surface area is 271 Å². The van der Waals surface area contributed by atoms with Crippen LogP contribution in [0, 0.1) is 19.7 Å². The summed E-state index contributed by atoms with van der Waals surface area (Å²) in [5.41, 5.74) is 3.37. The van der Waals surface area contributed by atoms with Crippen LogP contribution in [0.3, 0.4) is 0 Å². The van der Waals surface area contributed by atoms with Crippen molar-refractivity contribution < 1.29 is 22.4 Å². The molecule has 0 saturated heterocycles. The van der Waals surface area contributed by atoms with Gasteiger partial charge < -0.3 is 10.2 Å². The smallest absolute Gasteiger partial charge is 0.264 e. The summed E-state index contributed by atoms with van der Waals surface area (Å²) < 4.78 is 43.4. The number of hydrogen-bond donors (Lipinski definition) is 1. The van der Waals surface area contributed by atoms with Gasteiger partial charge in [0.1, 0.15) is 18.4 Å². The Morgan fingerprint density at radius 3 is 2.13 bits per heavy atom. The van der Waals surface area contributed by atoms with Crippen molar-refractivity contribution in [2.24, 2.45) is 0 Å². The predicted molar refractivity (Wildman–Crippen MR) is 178 cm³/mol. The summed E-state index contributed by atoms with van der Waals surface area (Å²) in [6.45, 7) is 3.11. The third kappa shape index (κ3) is 8.01. The number of carbonyl (C=O) groups is 2. The van der Waals surface area contributed by atoms with Gasteiger partial charge in [0.05, 0.1) is 10.6 Å². The molecule has 1 aliphatic carbocycles. The topological polar surface area (TPSA) is 86.8 Å². The molecule has 0 radical (unpaired) electrons. The zero-order valence-corrected chi connectivity index (χ0v) is 27.0. The van der Waals surface area contributed by atoms with Crippen molar-refractivity contribution in [3.8, 4) is 0 Å². The fourth-order valence-electron chi connectivity index (χ4n) is 5.93. The Bertz CT molecular complexity index is 1740. The highest BCUT2D eigenvalue weighted by Crippen LogP contribution is 2.29. The van der Waals surface area contributed by atoms with Crippen LogP contribution in [0.1, 0.15) is 47.9 Å². The summed E-state index contributed by atoms with van der Waals surface area (Å²) >= 11 is 0. The molecule has 1 aliphatic rings. The van der Waals surface area contributed by atoms with Crippen LogP contribution >= 0.6 is 0 Å². The number of nitrogens with one attached hydrogen (secondary N) is 1. The van der Waals surface area contributed by atoms with Gasteiger partial charge in [0.2, 0.25) is 11.8 Å². The highest BCUT2D eigenvalue weighted by atomic mass is 32.2. The number of nitrogens with zero attached hydrogens (tertiary/aromatic N) is 2. The van der Waals surface area contributed by atoms with Gasteiger partial charge in [-0.15, -0.1) is 0 Å². The van der Waals surface area contributed by atoms with Gasteiger partial charge in [0.15, 0.2) is 0 Å². The molecule has 9 heteroatoms. The fourth-order valence-corrected chi connectivity index (χ4v) is 7.42. The first-order chi connectivity index (χ1) is 22.1. The molecule has 7 nitrogen and oxygen atoms in total. The summed E-state index contributed by atoms with van der Waals surface area (Å²) in [7, 11) is -4.19. The molecule has 0 heterocycles. The van der Waals surface area contributed by atoms with E-state index in [1.54, 1.807) is 43.3 Å². The minimum absolute atomic E-state index is 0.0125. The molecule has 240 valence electrons. The number of amides is 2. The second-order valence-corrected chi connectivity index (χ2v) is 13.8. The summed E-state index contributed by atoms with van der Waals surface area (Å²) in [5, 5.41) is 3.16. The molecule has 5 rings (SSSR count). The predicted octanol–water partition coefficient (Wildman–Crippen LogP) is 6.34. The van der Waals surface area contributed by atoms with Crippen LogP contribution in [0.2, 0.25) is 0 Å². The van der Waals surface area contributed by atoms with E-state index in [1.165, 1.54) is 29.2 Å². The van der Waals surface area contributed by atoms with Gasteiger partial charge in [-0.05, 0) is 79.3 Å². The van der Waals surface area contributed by atoms with Crippen LogP contribution in [0.5, 0.6) is 0 Å². The van der Waals surface area contributed by atoms with Crippen molar-refractivity contribution in [1.82, 2.24) is 10.2 Å². The second-order valence-electron chi connectivity index (χ2n) is 12.0. The minimum Gasteiger partial charge on any atom is -0.352 e. The van der Waals surface area contributed by atoms with E-state index in [0.717, 1.165) is 41.1 Å². The van der Waals surface area contributed by atoms with Gasteiger partial charge in [0.25, 0.3) is 10.0 Å². The van der Waals surface area contributed by atoms with E-state index in [9.17, 15) is 22.4 Å². The molecule has 1 unspecified atom stereocenters. The summed E-state index contributed by atoms with van der Waals surface area (Å²) in [6, 6.07) is 27.8. The Morgan fingerprint density at radius 2 is 1.48 bits per heavy atom. The van der Waals surface area contributed by atoms with E-state index in [4.69, 9.17) is 0 Å². The van der Waals surface area contributed by atoms with Gasteiger partial charge in [-0.3, -0.25) is 13.9 Å². The van der Waals surface area contributed by atoms with Gasteiger partial charge in [-0.2, -0.15) is 0 Å². The van der Waals surface area contributed by atoms with E-state index in [-0.39, 0.29) is 29.8 Å². The van der Waals surface area contributed by atoms with Crippen molar-refractivity contribution in [2.45, 2.75) is 69.5 Å². The maximum atomic E-state index is 14.6. The molecule has 0 bridgehead atoms. The molecule has 1 fully saturated rings. The SMILES string of the molecule is Cc1ccc(C)c(N(CC(=O)N(Cc2ccc(F)cc2)C(Cc2ccccc2)C(=O)NC2CCCC2)S(=O)(=O)c2ccccc2)c1. The molecule has 4 aromatic rings. The number of hydrogen-bond acceptors (Lipinski definition) is 4. The fraction of sp³-hybridized carbons (Fsp3) is 0.297. The van der Waals surface area contributed by atoms with Crippen LogP contribution in [0.25, 0.3) is 0 Å². The normalized spacial score (nSPS) is 14.1.